The Morgan fingerprint density at radius 1 is 1.25 bits per heavy atom. The molecule has 2 rings (SSSR count). The number of nitrogens with one attached hydrogen (secondary N) is 1. The maximum Gasteiger partial charge on any atom is 0.329 e. The Hall–Kier alpha value is -1.26. The number of nitrogens with zero attached hydrogens (tertiary/aromatic N) is 1. The van der Waals surface area contributed by atoms with Crippen LogP contribution < -0.4 is 5.32 Å². The predicted octanol–water partition coefficient (Wildman–Crippen LogP) is 2.61. The fraction of sp³-hybridized carbons (Fsp3) is 0.867. The molecule has 2 fully saturated rings. The van der Waals surface area contributed by atoms with Crippen molar-refractivity contribution < 1.29 is 14.7 Å². The van der Waals surface area contributed by atoms with Gasteiger partial charge in [0.15, 0.2) is 0 Å². The molecule has 20 heavy (non-hydrogen) atoms. The van der Waals surface area contributed by atoms with Crippen molar-refractivity contribution in [1.29, 1.82) is 0 Å². The molecule has 2 N–H and O–H groups in total. The molecule has 1 heterocycles. The van der Waals surface area contributed by atoms with Crippen molar-refractivity contribution in [3.63, 3.8) is 0 Å². The van der Waals surface area contributed by atoms with E-state index in [-0.39, 0.29) is 6.03 Å². The van der Waals surface area contributed by atoms with Crippen LogP contribution in [0.4, 0.5) is 4.79 Å². The summed E-state index contributed by atoms with van der Waals surface area (Å²) in [6, 6.07) is -0.211. The second-order valence-electron chi connectivity index (χ2n) is 6.60. The van der Waals surface area contributed by atoms with Crippen LogP contribution in [0.2, 0.25) is 0 Å². The molecule has 1 aliphatic carbocycles. The van der Waals surface area contributed by atoms with Gasteiger partial charge in [-0.3, -0.25) is 0 Å². The zero-order chi connectivity index (χ0) is 14.8. The number of aliphatic carboxylic acids is 1. The van der Waals surface area contributed by atoms with E-state index in [0.717, 1.165) is 25.7 Å². The normalized spacial score (nSPS) is 28.0. The molecule has 1 aliphatic heterocycles. The highest BCUT2D eigenvalue weighted by Crippen LogP contribution is 2.49. The van der Waals surface area contributed by atoms with Gasteiger partial charge in [-0.25, -0.2) is 9.59 Å². The molecule has 0 aromatic rings. The van der Waals surface area contributed by atoms with Gasteiger partial charge >= 0.3 is 12.0 Å². The number of carbonyl (C=O) groups excluding carboxylic acids is 1. The van der Waals surface area contributed by atoms with Gasteiger partial charge in [-0.05, 0) is 50.9 Å². The van der Waals surface area contributed by atoms with Gasteiger partial charge < -0.3 is 15.3 Å². The molecule has 0 bridgehead atoms. The van der Waals surface area contributed by atoms with Crippen LogP contribution in [0.15, 0.2) is 0 Å². The number of carboxylic acid groups (broad SMARTS) is 1. The van der Waals surface area contributed by atoms with E-state index in [1.54, 1.807) is 6.92 Å². The van der Waals surface area contributed by atoms with Gasteiger partial charge in [0, 0.05) is 13.1 Å². The number of likely N-dealkylation sites (tertiary alicyclic amines) is 1. The number of carboxylic acids is 1. The van der Waals surface area contributed by atoms with Gasteiger partial charge in [-0.2, -0.15) is 0 Å². The summed E-state index contributed by atoms with van der Waals surface area (Å²) in [5.74, 6) is -0.901. The molecule has 5 nitrogen and oxygen atoms in total. The van der Waals surface area contributed by atoms with E-state index in [0.29, 0.717) is 24.9 Å². The molecular weight excluding hydrogens is 256 g/mol. The Labute approximate surface area is 120 Å². The molecule has 5 heteroatoms. The molecule has 0 aromatic carbocycles. The van der Waals surface area contributed by atoms with E-state index in [1.165, 1.54) is 17.7 Å². The van der Waals surface area contributed by atoms with Gasteiger partial charge in [-0.1, -0.05) is 13.3 Å². The molecule has 1 atom stereocenters. The Bertz CT molecular complexity index is 393. The van der Waals surface area contributed by atoms with Gasteiger partial charge in [0.2, 0.25) is 0 Å². The third kappa shape index (κ3) is 2.91. The zero-order valence-electron chi connectivity index (χ0n) is 12.6. The van der Waals surface area contributed by atoms with Gasteiger partial charge in [0.05, 0.1) is 0 Å². The largest absolute Gasteiger partial charge is 0.480 e. The first-order chi connectivity index (χ1) is 9.43. The van der Waals surface area contributed by atoms with Crippen molar-refractivity contribution in [2.75, 3.05) is 13.1 Å². The number of urea groups is 1. The first kappa shape index (κ1) is 15.1. The summed E-state index contributed by atoms with van der Waals surface area (Å²) in [5, 5.41) is 12.4. The summed E-state index contributed by atoms with van der Waals surface area (Å²) in [7, 11) is 0. The number of rotatable bonds is 5. The van der Waals surface area contributed by atoms with Crippen LogP contribution in [-0.2, 0) is 4.79 Å². The first-order valence-corrected chi connectivity index (χ1v) is 7.72. The van der Waals surface area contributed by atoms with E-state index in [1.807, 2.05) is 0 Å². The lowest BCUT2D eigenvalue weighted by Crippen LogP contribution is -2.60. The van der Waals surface area contributed by atoms with E-state index < -0.39 is 11.5 Å². The second kappa shape index (κ2) is 5.62. The number of amides is 2. The van der Waals surface area contributed by atoms with E-state index in [9.17, 15) is 14.7 Å². The molecule has 2 aliphatic rings. The topological polar surface area (TPSA) is 69.6 Å². The fourth-order valence-corrected chi connectivity index (χ4v) is 3.25. The summed E-state index contributed by atoms with van der Waals surface area (Å²) in [6.45, 7) is 5.04. The van der Waals surface area contributed by atoms with Crippen LogP contribution in [-0.4, -0.2) is 40.6 Å². The standard InChI is InChI=1S/C15H26N2O3/c1-3-6-15(8-9-15)11-16-13(20)17-10-5-4-7-14(17,2)12(18)19/h3-11H2,1-2H3,(H,16,20)(H,18,19). The van der Waals surface area contributed by atoms with Crippen molar-refractivity contribution in [2.24, 2.45) is 5.41 Å². The SMILES string of the molecule is CCCC1(CNC(=O)N2CCCCC2(C)C(=O)O)CC1. The quantitative estimate of drug-likeness (QED) is 0.814. The Kier molecular flexibility index (Phi) is 4.25. The summed E-state index contributed by atoms with van der Waals surface area (Å²) >= 11 is 0. The van der Waals surface area contributed by atoms with Gasteiger partial charge in [0.1, 0.15) is 5.54 Å². The molecule has 1 saturated carbocycles. The van der Waals surface area contributed by atoms with Crippen molar-refractivity contribution in [1.82, 2.24) is 10.2 Å². The van der Waals surface area contributed by atoms with E-state index >= 15 is 0 Å². The highest BCUT2D eigenvalue weighted by atomic mass is 16.4. The molecule has 1 saturated heterocycles. The second-order valence-corrected chi connectivity index (χ2v) is 6.60. The van der Waals surface area contributed by atoms with Gasteiger partial charge in [-0.15, -0.1) is 0 Å². The highest BCUT2D eigenvalue weighted by molar-refractivity contribution is 5.86. The first-order valence-electron chi connectivity index (χ1n) is 7.72. The average molecular weight is 282 g/mol. The summed E-state index contributed by atoms with van der Waals surface area (Å²) in [4.78, 5) is 25.3. The van der Waals surface area contributed by atoms with Crippen molar-refractivity contribution in [3.05, 3.63) is 0 Å². The maximum absolute atomic E-state index is 12.3. The molecule has 0 radical (unpaired) electrons. The number of hydrogen-bond donors (Lipinski definition) is 2. The number of carbonyl (C=O) groups is 2. The smallest absolute Gasteiger partial charge is 0.329 e. The van der Waals surface area contributed by atoms with Crippen molar-refractivity contribution >= 4 is 12.0 Å². The van der Waals surface area contributed by atoms with Gasteiger partial charge in [0.25, 0.3) is 0 Å². The minimum atomic E-state index is -1.05. The minimum absolute atomic E-state index is 0.211. The lowest BCUT2D eigenvalue weighted by molar-refractivity contribution is -0.150. The van der Waals surface area contributed by atoms with Crippen LogP contribution in [0.25, 0.3) is 0 Å². The minimum Gasteiger partial charge on any atom is -0.480 e. The van der Waals surface area contributed by atoms with Crippen LogP contribution in [0.5, 0.6) is 0 Å². The summed E-state index contributed by atoms with van der Waals surface area (Å²) < 4.78 is 0. The highest BCUT2D eigenvalue weighted by Gasteiger charge is 2.46. The average Bonchev–Trinajstić information content (AvgIpc) is 3.17. The number of piperidine rings is 1. The maximum atomic E-state index is 12.3. The van der Waals surface area contributed by atoms with E-state index in [2.05, 4.69) is 12.2 Å². The van der Waals surface area contributed by atoms with Crippen LogP contribution in [0.1, 0.15) is 58.8 Å². The Morgan fingerprint density at radius 3 is 2.50 bits per heavy atom. The predicted molar refractivity (Wildman–Crippen MR) is 76.6 cm³/mol. The van der Waals surface area contributed by atoms with Crippen LogP contribution in [0, 0.1) is 5.41 Å². The van der Waals surface area contributed by atoms with Crippen LogP contribution in [0.3, 0.4) is 0 Å². The third-order valence-electron chi connectivity index (χ3n) is 4.95. The zero-order valence-corrected chi connectivity index (χ0v) is 12.6. The number of hydrogen-bond acceptors (Lipinski definition) is 2. The third-order valence-corrected chi connectivity index (χ3v) is 4.95. The van der Waals surface area contributed by atoms with Crippen molar-refractivity contribution in [3.8, 4) is 0 Å². The van der Waals surface area contributed by atoms with Crippen molar-refractivity contribution in [2.45, 2.75) is 64.3 Å². The Morgan fingerprint density at radius 2 is 1.95 bits per heavy atom. The summed E-state index contributed by atoms with van der Waals surface area (Å²) in [5.41, 5.74) is -0.760. The lowest BCUT2D eigenvalue weighted by atomic mass is 9.89. The summed E-state index contributed by atoms with van der Waals surface area (Å²) in [6.07, 6.45) is 6.92. The molecule has 0 aromatic heterocycles. The monoisotopic (exact) mass is 282 g/mol. The molecular formula is C15H26N2O3. The van der Waals surface area contributed by atoms with Crippen LogP contribution >= 0.6 is 0 Å². The lowest BCUT2D eigenvalue weighted by Gasteiger charge is -2.41. The molecule has 1 unspecified atom stereocenters. The van der Waals surface area contributed by atoms with E-state index in [4.69, 9.17) is 0 Å². The Balaban J connectivity index is 1.95. The molecule has 2 amide bonds. The molecule has 0 spiro atoms. The fourth-order valence-electron chi connectivity index (χ4n) is 3.25. The molecule has 114 valence electrons.